The number of unbranched alkanes of at least 4 members (excludes halogenated alkanes) is 1. The molecule has 0 amide bonds. The van der Waals surface area contributed by atoms with Crippen LogP contribution in [0.15, 0.2) is 0 Å². The molecule has 0 aliphatic rings. The highest BCUT2D eigenvalue weighted by molar-refractivity contribution is 7.32. The summed E-state index contributed by atoms with van der Waals surface area (Å²) in [4.78, 5) is 8.25. The van der Waals surface area contributed by atoms with Crippen molar-refractivity contribution in [1.82, 2.24) is 0 Å². The molecule has 0 aromatic heterocycles. The molecule has 0 spiro atoms. The number of nitrogens with two attached hydrogens (primary N) is 1. The Kier molecular flexibility index (Phi) is 10.2. The van der Waals surface area contributed by atoms with E-state index in [0.29, 0.717) is 0 Å². The van der Waals surface area contributed by atoms with Gasteiger partial charge in [0, 0.05) is 11.1 Å². The second-order valence-corrected chi connectivity index (χ2v) is 3.95. The molecule has 0 rings (SSSR count). The smallest absolute Gasteiger partial charge is 0.328 e. The molecule has 0 saturated heterocycles. The van der Waals surface area contributed by atoms with Crippen molar-refractivity contribution < 1.29 is 14.0 Å². The van der Waals surface area contributed by atoms with E-state index in [0.717, 1.165) is 0 Å². The Morgan fingerprint density at radius 3 is 1.85 bits per heavy atom. The fourth-order valence-electron chi connectivity index (χ4n) is 0.249. The Labute approximate surface area is 81.4 Å². The van der Waals surface area contributed by atoms with E-state index >= 15 is 0 Å². The summed E-state index contributed by atoms with van der Waals surface area (Å²) in [5.41, 5.74) is 4.50. The van der Waals surface area contributed by atoms with Crippen LogP contribution in [0.1, 0.15) is 40.5 Å². The predicted molar refractivity (Wildman–Crippen MR) is 54.6 cm³/mol. The van der Waals surface area contributed by atoms with E-state index in [4.69, 9.17) is 10.6 Å². The maximum atomic E-state index is 10.0. The van der Waals surface area contributed by atoms with Crippen LogP contribution in [0.4, 0.5) is 0 Å². The predicted octanol–water partition coefficient (Wildman–Crippen LogP) is 2.20. The van der Waals surface area contributed by atoms with E-state index in [2.05, 4.69) is 18.4 Å². The summed E-state index contributed by atoms with van der Waals surface area (Å²) in [6, 6.07) is 0. The summed E-state index contributed by atoms with van der Waals surface area (Å²) < 4.78 is 14.6. The van der Waals surface area contributed by atoms with Crippen LogP contribution < -0.4 is 5.73 Å². The molecule has 0 aromatic rings. The van der Waals surface area contributed by atoms with Crippen LogP contribution in [0, 0.1) is 0 Å². The molecule has 0 heterocycles. The Morgan fingerprint density at radius 1 is 1.38 bits per heavy atom. The average Bonchev–Trinajstić information content (AvgIpc) is 2.03. The molecule has 0 bridgehead atoms. The summed E-state index contributed by atoms with van der Waals surface area (Å²) in [5.74, 6) is 0. The molecule has 0 aromatic carbocycles. The van der Waals surface area contributed by atoms with Gasteiger partial charge in [0.15, 0.2) is 0 Å². The molecular formula is C8H21NO3P+. The standard InChI is InChI=1S/C4H10NO3P.C4H10/c1-4(2,3-5)8-9(6)7;1-3-4-2/h3,5H2,1-2H3;3-4H2,1-2H3/p+1. The quantitative estimate of drug-likeness (QED) is 0.697. The van der Waals surface area contributed by atoms with E-state index in [1.54, 1.807) is 13.8 Å². The number of rotatable bonds is 4. The normalized spacial score (nSPS) is 11.7. The van der Waals surface area contributed by atoms with Crippen molar-refractivity contribution >= 4 is 8.25 Å². The Balaban J connectivity index is 0. The van der Waals surface area contributed by atoms with Crippen LogP contribution in [0.5, 0.6) is 0 Å². The van der Waals surface area contributed by atoms with Gasteiger partial charge < -0.3 is 5.73 Å². The van der Waals surface area contributed by atoms with Crippen LogP contribution in [-0.4, -0.2) is 17.0 Å². The van der Waals surface area contributed by atoms with Gasteiger partial charge in [-0.2, -0.15) is 0 Å². The van der Waals surface area contributed by atoms with Gasteiger partial charge in [-0.1, -0.05) is 26.7 Å². The van der Waals surface area contributed by atoms with Gasteiger partial charge in [0.25, 0.3) is 0 Å². The van der Waals surface area contributed by atoms with Gasteiger partial charge in [-0.15, -0.1) is 9.42 Å². The third kappa shape index (κ3) is 14.8. The van der Waals surface area contributed by atoms with E-state index < -0.39 is 13.9 Å². The highest BCUT2D eigenvalue weighted by Gasteiger charge is 2.28. The van der Waals surface area contributed by atoms with Crippen LogP contribution in [0.3, 0.4) is 0 Å². The van der Waals surface area contributed by atoms with Gasteiger partial charge in [0.2, 0.25) is 0 Å². The lowest BCUT2D eigenvalue weighted by molar-refractivity contribution is 0.112. The zero-order chi connectivity index (χ0) is 10.9. The van der Waals surface area contributed by atoms with Crippen molar-refractivity contribution in [3.63, 3.8) is 0 Å². The van der Waals surface area contributed by atoms with Crippen LogP contribution >= 0.6 is 8.25 Å². The highest BCUT2D eigenvalue weighted by Crippen LogP contribution is 2.24. The Morgan fingerprint density at radius 2 is 1.77 bits per heavy atom. The van der Waals surface area contributed by atoms with Crippen molar-refractivity contribution in [1.29, 1.82) is 0 Å². The fraction of sp³-hybridized carbons (Fsp3) is 1.00. The first kappa shape index (κ1) is 15.5. The third-order valence-corrected chi connectivity index (χ3v) is 1.97. The molecule has 80 valence electrons. The molecule has 0 saturated carbocycles. The van der Waals surface area contributed by atoms with Crippen LogP contribution in [0.25, 0.3) is 0 Å². The van der Waals surface area contributed by atoms with Crippen LogP contribution in [0.2, 0.25) is 0 Å². The van der Waals surface area contributed by atoms with Gasteiger partial charge in [0.1, 0.15) is 5.60 Å². The fourth-order valence-corrected chi connectivity index (χ4v) is 0.746. The monoisotopic (exact) mass is 210 g/mol. The average molecular weight is 210 g/mol. The van der Waals surface area contributed by atoms with Crippen LogP contribution in [-0.2, 0) is 9.09 Å². The molecule has 1 unspecified atom stereocenters. The molecule has 0 fully saturated rings. The zero-order valence-electron chi connectivity index (χ0n) is 8.91. The molecule has 0 radical (unpaired) electrons. The summed E-state index contributed by atoms with van der Waals surface area (Å²) in [7, 11) is -2.52. The number of hydrogen-bond donors (Lipinski definition) is 2. The minimum atomic E-state index is -2.52. The van der Waals surface area contributed by atoms with Crippen molar-refractivity contribution in [2.75, 3.05) is 6.54 Å². The molecule has 0 aliphatic carbocycles. The second-order valence-electron chi connectivity index (χ2n) is 3.29. The minimum Gasteiger partial charge on any atom is -0.328 e. The summed E-state index contributed by atoms with van der Waals surface area (Å²) in [6.07, 6.45) is 2.64. The lowest BCUT2D eigenvalue weighted by Gasteiger charge is -2.11. The van der Waals surface area contributed by atoms with Crippen molar-refractivity contribution in [2.45, 2.75) is 46.1 Å². The summed E-state index contributed by atoms with van der Waals surface area (Å²) in [6.45, 7) is 7.89. The van der Waals surface area contributed by atoms with E-state index in [1.807, 2.05) is 0 Å². The lowest BCUT2D eigenvalue weighted by Crippen LogP contribution is -2.31. The third-order valence-electron chi connectivity index (χ3n) is 1.32. The van der Waals surface area contributed by atoms with Gasteiger partial charge in [-0.05, 0) is 13.8 Å². The lowest BCUT2D eigenvalue weighted by atomic mass is 10.1. The maximum absolute atomic E-state index is 10.0. The summed E-state index contributed by atoms with van der Waals surface area (Å²) >= 11 is 0. The largest absolute Gasteiger partial charge is 0.695 e. The van der Waals surface area contributed by atoms with Crippen molar-refractivity contribution in [2.24, 2.45) is 5.73 Å². The molecule has 1 atom stereocenters. The Hall–Kier alpha value is -0.0200. The SMILES string of the molecule is CC(C)(CN)O[P+](=O)O.CCCC. The van der Waals surface area contributed by atoms with Crippen molar-refractivity contribution in [3.05, 3.63) is 0 Å². The second kappa shape index (κ2) is 8.57. The zero-order valence-corrected chi connectivity index (χ0v) is 9.80. The maximum Gasteiger partial charge on any atom is 0.695 e. The Bertz CT molecular complexity index is 137. The first-order chi connectivity index (χ1) is 5.89. The summed E-state index contributed by atoms with van der Waals surface area (Å²) in [5, 5.41) is 0. The molecule has 4 nitrogen and oxygen atoms in total. The first-order valence-corrected chi connectivity index (χ1v) is 5.58. The topological polar surface area (TPSA) is 72.5 Å². The molecular weight excluding hydrogens is 189 g/mol. The number of hydrogen-bond acceptors (Lipinski definition) is 3. The highest BCUT2D eigenvalue weighted by atomic mass is 31.1. The molecule has 3 N–H and O–H groups in total. The van der Waals surface area contributed by atoms with Gasteiger partial charge >= 0.3 is 8.25 Å². The molecule has 0 aliphatic heterocycles. The minimum absolute atomic E-state index is 0.231. The molecule has 5 heteroatoms. The van der Waals surface area contributed by atoms with Gasteiger partial charge in [-0.25, -0.2) is 0 Å². The molecule has 13 heavy (non-hydrogen) atoms. The van der Waals surface area contributed by atoms with Gasteiger partial charge in [-0.3, -0.25) is 0 Å². The van der Waals surface area contributed by atoms with E-state index in [1.165, 1.54) is 12.8 Å². The van der Waals surface area contributed by atoms with E-state index in [9.17, 15) is 4.57 Å². The van der Waals surface area contributed by atoms with Crippen molar-refractivity contribution in [3.8, 4) is 0 Å². The van der Waals surface area contributed by atoms with Gasteiger partial charge in [0.05, 0.1) is 0 Å². The van der Waals surface area contributed by atoms with E-state index in [-0.39, 0.29) is 6.54 Å². The first-order valence-electron chi connectivity index (χ1n) is 4.45.